The zero-order valence-electron chi connectivity index (χ0n) is 16.5. The highest BCUT2D eigenvalue weighted by Gasteiger charge is 2.17. The summed E-state index contributed by atoms with van der Waals surface area (Å²) in [5.74, 6) is 0.686. The van der Waals surface area contributed by atoms with Gasteiger partial charge in [0.15, 0.2) is 0 Å². The highest BCUT2D eigenvalue weighted by Crippen LogP contribution is 2.14. The Hall–Kier alpha value is -1.65. The third-order valence-electron chi connectivity index (χ3n) is 4.81. The minimum absolute atomic E-state index is 0.205. The molecule has 1 N–H and O–H groups in total. The summed E-state index contributed by atoms with van der Waals surface area (Å²) in [4.78, 5) is 2.35. The van der Waals surface area contributed by atoms with Crippen LogP contribution in [-0.4, -0.2) is 33.8 Å². The molecule has 1 atom stereocenters. The van der Waals surface area contributed by atoms with Crippen LogP contribution in [0.15, 0.2) is 42.6 Å². The Balaban J connectivity index is 2.07. The van der Waals surface area contributed by atoms with E-state index >= 15 is 0 Å². The van der Waals surface area contributed by atoms with E-state index in [9.17, 15) is 9.50 Å². The lowest BCUT2D eigenvalue weighted by atomic mass is 10.1. The maximum absolute atomic E-state index is 13.1. The van der Waals surface area contributed by atoms with Gasteiger partial charge in [0.05, 0.1) is 6.10 Å². The molecule has 0 aliphatic heterocycles. The lowest BCUT2D eigenvalue weighted by Gasteiger charge is -2.28. The Kier molecular flexibility index (Phi) is 7.85. The molecule has 4 heteroatoms. The molecule has 0 radical (unpaired) electrons. The fourth-order valence-electron chi connectivity index (χ4n) is 2.91. The summed E-state index contributed by atoms with van der Waals surface area (Å²) in [5.41, 5.74) is 2.30. The second-order valence-corrected chi connectivity index (χ2v) is 7.98. The predicted octanol–water partition coefficient (Wildman–Crippen LogP) is 4.54. The van der Waals surface area contributed by atoms with Crippen LogP contribution in [0.1, 0.15) is 45.4 Å². The van der Waals surface area contributed by atoms with Crippen molar-refractivity contribution in [2.75, 3.05) is 13.1 Å². The molecule has 0 fully saturated rings. The minimum Gasteiger partial charge on any atom is -0.392 e. The monoisotopic (exact) mass is 360 g/mol. The van der Waals surface area contributed by atoms with E-state index in [1.165, 1.54) is 17.8 Å². The molecular weight excluding hydrogens is 327 g/mol. The molecule has 1 aromatic heterocycles. The fraction of sp³-hybridized carbons (Fsp3) is 0.545. The maximum atomic E-state index is 13.1. The van der Waals surface area contributed by atoms with Crippen molar-refractivity contribution in [1.82, 2.24) is 9.47 Å². The molecule has 144 valence electrons. The number of aliphatic hydroxyl groups excluding tert-OH is 1. The second-order valence-electron chi connectivity index (χ2n) is 7.98. The van der Waals surface area contributed by atoms with E-state index in [2.05, 4.69) is 55.5 Å². The van der Waals surface area contributed by atoms with Gasteiger partial charge < -0.3 is 9.67 Å². The zero-order chi connectivity index (χ0) is 19.1. The molecule has 1 aromatic carbocycles. The van der Waals surface area contributed by atoms with Crippen LogP contribution in [-0.2, 0) is 13.1 Å². The molecule has 2 rings (SSSR count). The lowest BCUT2D eigenvalue weighted by molar-refractivity contribution is 0.0702. The molecule has 0 amide bonds. The molecule has 3 nitrogen and oxygen atoms in total. The normalized spacial score (nSPS) is 13.1. The summed E-state index contributed by atoms with van der Waals surface area (Å²) in [6.45, 7) is 11.8. The highest BCUT2D eigenvalue weighted by atomic mass is 19.1. The lowest BCUT2D eigenvalue weighted by Crippen LogP contribution is -2.36. The van der Waals surface area contributed by atoms with E-state index in [1.807, 2.05) is 12.1 Å². The summed E-state index contributed by atoms with van der Waals surface area (Å²) >= 11 is 0. The summed E-state index contributed by atoms with van der Waals surface area (Å²) in [6.07, 6.45) is 2.87. The van der Waals surface area contributed by atoms with E-state index < -0.39 is 0 Å². The average molecular weight is 361 g/mol. The molecule has 1 unspecified atom stereocenters. The van der Waals surface area contributed by atoms with Crippen LogP contribution < -0.4 is 0 Å². The average Bonchev–Trinajstić information content (AvgIpc) is 3.01. The molecule has 0 saturated heterocycles. The van der Waals surface area contributed by atoms with Gasteiger partial charge in [-0.25, -0.2) is 4.39 Å². The Bertz CT molecular complexity index is 648. The minimum atomic E-state index is -0.317. The van der Waals surface area contributed by atoms with Gasteiger partial charge in [0.25, 0.3) is 0 Å². The molecular formula is C22H33FN2O. The predicted molar refractivity (Wildman–Crippen MR) is 106 cm³/mol. The Labute approximate surface area is 157 Å². The van der Waals surface area contributed by atoms with E-state index in [-0.39, 0.29) is 17.8 Å². The SMILES string of the molecule is CC(C)CCN(Cc1cccn1Cc1ccc(F)cc1)CC(O)C(C)C. The number of halogens is 1. The van der Waals surface area contributed by atoms with Gasteiger partial charge in [-0.05, 0) is 54.6 Å². The third kappa shape index (κ3) is 6.58. The Morgan fingerprint density at radius 3 is 2.38 bits per heavy atom. The van der Waals surface area contributed by atoms with Crippen molar-refractivity contribution in [3.63, 3.8) is 0 Å². The van der Waals surface area contributed by atoms with Crippen LogP contribution in [0.3, 0.4) is 0 Å². The Morgan fingerprint density at radius 1 is 1.08 bits per heavy atom. The van der Waals surface area contributed by atoms with Gasteiger partial charge in [-0.15, -0.1) is 0 Å². The van der Waals surface area contributed by atoms with Gasteiger partial charge in [-0.3, -0.25) is 4.90 Å². The third-order valence-corrected chi connectivity index (χ3v) is 4.81. The van der Waals surface area contributed by atoms with Crippen LogP contribution >= 0.6 is 0 Å². The van der Waals surface area contributed by atoms with Crippen LogP contribution in [0.4, 0.5) is 4.39 Å². The number of hydrogen-bond donors (Lipinski definition) is 1. The standard InChI is InChI=1S/C22H33FN2O/c1-17(2)11-13-24(16-22(26)18(3)4)15-21-6-5-12-25(21)14-19-7-9-20(23)10-8-19/h5-10,12,17-18,22,26H,11,13-16H2,1-4H3. The van der Waals surface area contributed by atoms with Crippen LogP contribution in [0.25, 0.3) is 0 Å². The van der Waals surface area contributed by atoms with E-state index in [0.717, 1.165) is 31.6 Å². The number of aliphatic hydroxyl groups is 1. The number of rotatable bonds is 10. The maximum Gasteiger partial charge on any atom is 0.123 e. The van der Waals surface area contributed by atoms with Gasteiger partial charge >= 0.3 is 0 Å². The van der Waals surface area contributed by atoms with Crippen molar-refractivity contribution >= 4 is 0 Å². The van der Waals surface area contributed by atoms with Crippen LogP contribution in [0.5, 0.6) is 0 Å². The topological polar surface area (TPSA) is 28.4 Å². The van der Waals surface area contributed by atoms with Crippen molar-refractivity contribution in [1.29, 1.82) is 0 Å². The molecule has 0 saturated carbocycles. The quantitative estimate of drug-likeness (QED) is 0.674. The first-order chi connectivity index (χ1) is 12.3. The fourth-order valence-corrected chi connectivity index (χ4v) is 2.91. The van der Waals surface area contributed by atoms with Gasteiger partial charge in [-0.2, -0.15) is 0 Å². The van der Waals surface area contributed by atoms with Gasteiger partial charge in [0.2, 0.25) is 0 Å². The van der Waals surface area contributed by atoms with E-state index in [4.69, 9.17) is 0 Å². The molecule has 1 heterocycles. The molecule has 0 spiro atoms. The van der Waals surface area contributed by atoms with Crippen LogP contribution in [0, 0.1) is 17.7 Å². The molecule has 0 bridgehead atoms. The molecule has 0 aliphatic rings. The molecule has 0 aliphatic carbocycles. The smallest absolute Gasteiger partial charge is 0.123 e. The number of nitrogens with zero attached hydrogens (tertiary/aromatic N) is 2. The van der Waals surface area contributed by atoms with E-state index in [0.29, 0.717) is 12.5 Å². The summed E-state index contributed by atoms with van der Waals surface area (Å²) in [6, 6.07) is 10.9. The van der Waals surface area contributed by atoms with Crippen molar-refractivity contribution in [3.8, 4) is 0 Å². The van der Waals surface area contributed by atoms with Crippen molar-refractivity contribution in [2.24, 2.45) is 11.8 Å². The van der Waals surface area contributed by atoms with Gasteiger partial charge in [0, 0.05) is 31.5 Å². The largest absolute Gasteiger partial charge is 0.392 e. The summed E-state index contributed by atoms with van der Waals surface area (Å²) in [5, 5.41) is 10.3. The van der Waals surface area contributed by atoms with Crippen molar-refractivity contribution < 1.29 is 9.50 Å². The van der Waals surface area contributed by atoms with Crippen molar-refractivity contribution in [3.05, 3.63) is 59.7 Å². The number of benzene rings is 1. The van der Waals surface area contributed by atoms with Crippen LogP contribution in [0.2, 0.25) is 0 Å². The molecule has 2 aromatic rings. The first kappa shape index (κ1) is 20.7. The summed E-state index contributed by atoms with van der Waals surface area (Å²) < 4.78 is 15.3. The zero-order valence-corrected chi connectivity index (χ0v) is 16.5. The Morgan fingerprint density at radius 2 is 1.77 bits per heavy atom. The summed E-state index contributed by atoms with van der Waals surface area (Å²) in [7, 11) is 0. The van der Waals surface area contributed by atoms with Gasteiger partial charge in [-0.1, -0.05) is 39.8 Å². The first-order valence-electron chi connectivity index (χ1n) is 9.64. The second kappa shape index (κ2) is 9.89. The highest BCUT2D eigenvalue weighted by molar-refractivity contribution is 5.18. The number of hydrogen-bond acceptors (Lipinski definition) is 2. The van der Waals surface area contributed by atoms with Gasteiger partial charge in [0.1, 0.15) is 5.82 Å². The number of aromatic nitrogens is 1. The van der Waals surface area contributed by atoms with Crippen molar-refractivity contribution in [2.45, 2.75) is 53.3 Å². The first-order valence-corrected chi connectivity index (χ1v) is 9.64. The van der Waals surface area contributed by atoms with E-state index in [1.54, 1.807) is 0 Å². The molecule has 26 heavy (non-hydrogen) atoms.